The lowest BCUT2D eigenvalue weighted by Crippen LogP contribution is -2.36. The molecule has 1 aliphatic carbocycles. The zero-order valence-corrected chi connectivity index (χ0v) is 13.4. The number of hydrogen-bond acceptors (Lipinski definition) is 3. The summed E-state index contributed by atoms with van der Waals surface area (Å²) < 4.78 is 5.56. The molecule has 5 heteroatoms. The van der Waals surface area contributed by atoms with Gasteiger partial charge in [-0.2, -0.15) is 0 Å². The summed E-state index contributed by atoms with van der Waals surface area (Å²) >= 11 is 0. The number of carbonyl (C=O) groups excluding carboxylic acids is 2. The lowest BCUT2D eigenvalue weighted by Gasteiger charge is -2.23. The molecular formula is C19H20N2O3. The molecule has 24 heavy (non-hydrogen) atoms. The predicted octanol–water partition coefficient (Wildman–Crippen LogP) is 2.36. The van der Waals surface area contributed by atoms with Crippen LogP contribution >= 0.6 is 0 Å². The second-order valence-corrected chi connectivity index (χ2v) is 5.89. The van der Waals surface area contributed by atoms with Crippen LogP contribution in [0.3, 0.4) is 0 Å². The van der Waals surface area contributed by atoms with Crippen LogP contribution in [0.25, 0.3) is 0 Å². The average Bonchev–Trinajstić information content (AvgIpc) is 3.43. The van der Waals surface area contributed by atoms with Gasteiger partial charge in [0.2, 0.25) is 0 Å². The Morgan fingerprint density at radius 2 is 1.71 bits per heavy atom. The minimum atomic E-state index is -0.568. The largest absolute Gasteiger partial charge is 0.483 e. The van der Waals surface area contributed by atoms with Gasteiger partial charge in [0, 0.05) is 12.6 Å². The summed E-state index contributed by atoms with van der Waals surface area (Å²) in [6, 6.07) is 16.9. The normalized spacial score (nSPS) is 13.3. The summed E-state index contributed by atoms with van der Waals surface area (Å²) in [5.74, 6) is -0.309. The van der Waals surface area contributed by atoms with Crippen LogP contribution in [-0.2, 0) is 11.3 Å². The summed E-state index contributed by atoms with van der Waals surface area (Å²) in [5.41, 5.74) is 6.70. The molecular weight excluding hydrogens is 304 g/mol. The van der Waals surface area contributed by atoms with Gasteiger partial charge in [0.1, 0.15) is 5.75 Å². The van der Waals surface area contributed by atoms with Gasteiger partial charge in [0.15, 0.2) is 6.61 Å². The highest BCUT2D eigenvalue weighted by atomic mass is 16.5. The molecule has 0 saturated heterocycles. The molecule has 1 saturated carbocycles. The average molecular weight is 324 g/mol. The van der Waals surface area contributed by atoms with Crippen molar-refractivity contribution in [3.63, 3.8) is 0 Å². The molecule has 124 valence electrons. The Hall–Kier alpha value is -2.82. The smallest absolute Gasteiger partial charge is 0.261 e. The Balaban J connectivity index is 1.65. The van der Waals surface area contributed by atoms with Crippen molar-refractivity contribution in [3.8, 4) is 5.75 Å². The minimum Gasteiger partial charge on any atom is -0.483 e. The number of nitrogens with zero attached hydrogens (tertiary/aromatic N) is 1. The van der Waals surface area contributed by atoms with Crippen molar-refractivity contribution in [1.29, 1.82) is 0 Å². The first-order valence-electron chi connectivity index (χ1n) is 8.00. The Morgan fingerprint density at radius 3 is 2.38 bits per heavy atom. The molecule has 0 bridgehead atoms. The number of rotatable bonds is 7. The van der Waals surface area contributed by atoms with Gasteiger partial charge in [-0.1, -0.05) is 42.5 Å². The minimum absolute atomic E-state index is 0.0828. The monoisotopic (exact) mass is 324 g/mol. The molecule has 0 atom stereocenters. The zero-order valence-electron chi connectivity index (χ0n) is 13.4. The molecule has 0 aliphatic heterocycles. The van der Waals surface area contributed by atoms with E-state index < -0.39 is 5.91 Å². The van der Waals surface area contributed by atoms with Crippen LogP contribution in [0.15, 0.2) is 54.6 Å². The van der Waals surface area contributed by atoms with Crippen LogP contribution < -0.4 is 10.5 Å². The van der Waals surface area contributed by atoms with Crippen LogP contribution in [0.2, 0.25) is 0 Å². The lowest BCUT2D eigenvalue weighted by molar-refractivity contribution is -0.134. The van der Waals surface area contributed by atoms with E-state index >= 15 is 0 Å². The molecule has 0 unspecified atom stereocenters. The molecule has 2 amide bonds. The topological polar surface area (TPSA) is 72.6 Å². The Bertz CT molecular complexity index is 726. The van der Waals surface area contributed by atoms with E-state index in [1.54, 1.807) is 24.3 Å². The molecule has 0 aromatic heterocycles. The van der Waals surface area contributed by atoms with Gasteiger partial charge >= 0.3 is 0 Å². The number of amides is 2. The number of hydrogen-bond donors (Lipinski definition) is 1. The highest BCUT2D eigenvalue weighted by Gasteiger charge is 2.32. The van der Waals surface area contributed by atoms with Crippen LogP contribution in [0.1, 0.15) is 28.8 Å². The van der Waals surface area contributed by atoms with Gasteiger partial charge in [-0.3, -0.25) is 9.59 Å². The second kappa shape index (κ2) is 7.17. The zero-order chi connectivity index (χ0) is 16.9. The number of para-hydroxylation sites is 1. The predicted molar refractivity (Wildman–Crippen MR) is 90.5 cm³/mol. The molecule has 2 N–H and O–H groups in total. The molecule has 2 aromatic carbocycles. The van der Waals surface area contributed by atoms with E-state index in [0.29, 0.717) is 12.3 Å². The maximum atomic E-state index is 12.6. The van der Waals surface area contributed by atoms with E-state index in [0.717, 1.165) is 18.4 Å². The second-order valence-electron chi connectivity index (χ2n) is 5.89. The Morgan fingerprint density at radius 1 is 1.04 bits per heavy atom. The first-order chi connectivity index (χ1) is 11.6. The fourth-order valence-corrected chi connectivity index (χ4v) is 2.61. The first kappa shape index (κ1) is 16.1. The lowest BCUT2D eigenvalue weighted by atomic mass is 10.2. The van der Waals surface area contributed by atoms with Crippen molar-refractivity contribution in [2.24, 2.45) is 5.73 Å². The van der Waals surface area contributed by atoms with Gasteiger partial charge in [-0.15, -0.1) is 0 Å². The number of carbonyl (C=O) groups is 2. The summed E-state index contributed by atoms with van der Waals surface area (Å²) in [6.45, 7) is 0.471. The van der Waals surface area contributed by atoms with E-state index in [1.165, 1.54) is 0 Å². The Labute approximate surface area is 141 Å². The summed E-state index contributed by atoms with van der Waals surface area (Å²) in [6.07, 6.45) is 2.05. The molecule has 1 aliphatic rings. The fourth-order valence-electron chi connectivity index (χ4n) is 2.61. The number of primary amides is 1. The third-order valence-corrected chi connectivity index (χ3v) is 4.01. The highest BCUT2D eigenvalue weighted by molar-refractivity contribution is 5.95. The van der Waals surface area contributed by atoms with Crippen molar-refractivity contribution >= 4 is 11.8 Å². The highest BCUT2D eigenvalue weighted by Crippen LogP contribution is 2.28. The number of benzene rings is 2. The molecule has 5 nitrogen and oxygen atoms in total. The van der Waals surface area contributed by atoms with Crippen LogP contribution in [0, 0.1) is 0 Å². The van der Waals surface area contributed by atoms with Gasteiger partial charge < -0.3 is 15.4 Å². The number of nitrogens with two attached hydrogens (primary N) is 1. The third-order valence-electron chi connectivity index (χ3n) is 4.01. The van der Waals surface area contributed by atoms with Crippen molar-refractivity contribution in [3.05, 3.63) is 65.7 Å². The van der Waals surface area contributed by atoms with E-state index in [9.17, 15) is 9.59 Å². The Kier molecular flexibility index (Phi) is 4.79. The fraction of sp³-hybridized carbons (Fsp3) is 0.263. The van der Waals surface area contributed by atoms with Gasteiger partial charge in [-0.05, 0) is 30.5 Å². The summed E-state index contributed by atoms with van der Waals surface area (Å²) in [7, 11) is 0. The van der Waals surface area contributed by atoms with Crippen molar-refractivity contribution in [1.82, 2.24) is 4.90 Å². The van der Waals surface area contributed by atoms with Crippen molar-refractivity contribution in [2.75, 3.05) is 6.61 Å². The standard InChI is InChI=1S/C19H20N2O3/c20-19(23)16-8-4-5-9-17(16)24-13-18(22)21(15-10-11-15)12-14-6-2-1-3-7-14/h1-9,15H,10-13H2,(H2,20,23). The van der Waals surface area contributed by atoms with E-state index in [4.69, 9.17) is 10.5 Å². The molecule has 2 aromatic rings. The van der Waals surface area contributed by atoms with E-state index in [1.807, 2.05) is 35.2 Å². The molecule has 0 spiro atoms. The SMILES string of the molecule is NC(=O)c1ccccc1OCC(=O)N(Cc1ccccc1)C1CC1. The number of ether oxygens (including phenoxy) is 1. The van der Waals surface area contributed by atoms with E-state index in [-0.39, 0.29) is 24.1 Å². The summed E-state index contributed by atoms with van der Waals surface area (Å²) in [4.78, 5) is 25.8. The third kappa shape index (κ3) is 3.93. The maximum absolute atomic E-state index is 12.6. The van der Waals surface area contributed by atoms with Crippen LogP contribution in [-0.4, -0.2) is 29.4 Å². The molecule has 0 heterocycles. The maximum Gasteiger partial charge on any atom is 0.261 e. The summed E-state index contributed by atoms with van der Waals surface area (Å²) in [5, 5.41) is 0. The van der Waals surface area contributed by atoms with Crippen molar-refractivity contribution < 1.29 is 14.3 Å². The molecule has 3 rings (SSSR count). The quantitative estimate of drug-likeness (QED) is 0.850. The van der Waals surface area contributed by atoms with E-state index in [2.05, 4.69) is 0 Å². The van der Waals surface area contributed by atoms with Crippen LogP contribution in [0.4, 0.5) is 0 Å². The molecule has 1 fully saturated rings. The van der Waals surface area contributed by atoms with Gasteiger partial charge in [0.25, 0.3) is 11.8 Å². The van der Waals surface area contributed by atoms with Crippen molar-refractivity contribution in [2.45, 2.75) is 25.4 Å². The molecule has 0 radical (unpaired) electrons. The van der Waals surface area contributed by atoms with Crippen LogP contribution in [0.5, 0.6) is 5.75 Å². The van der Waals surface area contributed by atoms with Gasteiger partial charge in [0.05, 0.1) is 5.56 Å². The van der Waals surface area contributed by atoms with Gasteiger partial charge in [-0.25, -0.2) is 0 Å². The first-order valence-corrected chi connectivity index (χ1v) is 8.00.